The third-order valence-corrected chi connectivity index (χ3v) is 4.26. The molecule has 21 heavy (non-hydrogen) atoms. The van der Waals surface area contributed by atoms with Crippen LogP contribution in [0.3, 0.4) is 0 Å². The van der Waals surface area contributed by atoms with Crippen LogP contribution in [0.15, 0.2) is 35.1 Å². The Balaban J connectivity index is 2.03. The van der Waals surface area contributed by atoms with Crippen molar-refractivity contribution in [1.82, 2.24) is 14.9 Å². The Kier molecular flexibility index (Phi) is 5.82. The van der Waals surface area contributed by atoms with E-state index in [1.165, 1.54) is 11.3 Å². The van der Waals surface area contributed by atoms with Gasteiger partial charge in [-0.2, -0.15) is 0 Å². The van der Waals surface area contributed by atoms with Gasteiger partial charge in [-0.1, -0.05) is 28.9 Å². The fourth-order valence-corrected chi connectivity index (χ4v) is 2.68. The maximum atomic E-state index is 4.37. The lowest BCUT2D eigenvalue weighted by atomic mass is 10.2. The molecule has 0 radical (unpaired) electrons. The molecule has 0 fully saturated rings. The number of anilines is 1. The Morgan fingerprint density at radius 1 is 1.38 bits per heavy atom. The van der Waals surface area contributed by atoms with Crippen LogP contribution < -0.4 is 10.2 Å². The minimum atomic E-state index is 0.795. The van der Waals surface area contributed by atoms with Crippen molar-refractivity contribution >= 4 is 21.6 Å². The van der Waals surface area contributed by atoms with Gasteiger partial charge in [-0.3, -0.25) is 0 Å². The van der Waals surface area contributed by atoms with Crippen LogP contribution in [-0.2, 0) is 20.1 Å². The average Bonchev–Trinajstić information content (AvgIpc) is 2.86. The number of imidazole rings is 1. The van der Waals surface area contributed by atoms with Gasteiger partial charge in [0.1, 0.15) is 5.82 Å². The predicted molar refractivity (Wildman–Crippen MR) is 91.5 cm³/mol. The molecule has 114 valence electrons. The van der Waals surface area contributed by atoms with Crippen LogP contribution in [0.4, 0.5) is 5.69 Å². The van der Waals surface area contributed by atoms with Crippen molar-refractivity contribution in [3.05, 3.63) is 46.5 Å². The fraction of sp³-hybridized carbons (Fsp3) is 0.438. The van der Waals surface area contributed by atoms with E-state index in [1.807, 2.05) is 19.4 Å². The number of aryl methyl sites for hydroxylation is 1. The van der Waals surface area contributed by atoms with Gasteiger partial charge >= 0.3 is 0 Å². The highest BCUT2D eigenvalue weighted by Crippen LogP contribution is 2.24. The molecule has 2 rings (SSSR count). The van der Waals surface area contributed by atoms with Gasteiger partial charge in [0.2, 0.25) is 0 Å². The SMILES string of the molecule is CCCNCc1ccc(N(C)Cc2nccn2C)cc1Br. The standard InChI is InChI=1S/C16H23BrN4/c1-4-7-18-11-13-5-6-14(10-15(13)17)21(3)12-16-19-8-9-20(16)2/h5-6,8-10,18H,4,7,11-12H2,1-3H3. The first kappa shape index (κ1) is 16.0. The summed E-state index contributed by atoms with van der Waals surface area (Å²) >= 11 is 3.67. The molecule has 0 atom stereocenters. The smallest absolute Gasteiger partial charge is 0.127 e. The van der Waals surface area contributed by atoms with Crippen molar-refractivity contribution in [2.75, 3.05) is 18.5 Å². The van der Waals surface area contributed by atoms with E-state index in [4.69, 9.17) is 0 Å². The first-order chi connectivity index (χ1) is 10.1. The number of nitrogens with zero attached hydrogens (tertiary/aromatic N) is 3. The normalized spacial score (nSPS) is 10.9. The number of halogens is 1. The van der Waals surface area contributed by atoms with Gasteiger partial charge in [-0.05, 0) is 30.7 Å². The molecule has 0 bridgehead atoms. The monoisotopic (exact) mass is 350 g/mol. The summed E-state index contributed by atoms with van der Waals surface area (Å²) in [6.45, 7) is 4.92. The van der Waals surface area contributed by atoms with E-state index in [-0.39, 0.29) is 0 Å². The van der Waals surface area contributed by atoms with E-state index in [0.29, 0.717) is 0 Å². The van der Waals surface area contributed by atoms with Crippen LogP contribution in [-0.4, -0.2) is 23.1 Å². The Morgan fingerprint density at radius 2 is 2.19 bits per heavy atom. The van der Waals surface area contributed by atoms with Gasteiger partial charge in [-0.15, -0.1) is 0 Å². The zero-order chi connectivity index (χ0) is 15.2. The van der Waals surface area contributed by atoms with Crippen LogP contribution in [0, 0.1) is 0 Å². The molecule has 0 aliphatic carbocycles. The number of hydrogen-bond acceptors (Lipinski definition) is 3. The third kappa shape index (κ3) is 4.32. The van der Waals surface area contributed by atoms with Gasteiger partial charge in [0.25, 0.3) is 0 Å². The minimum absolute atomic E-state index is 0.795. The highest BCUT2D eigenvalue weighted by Gasteiger charge is 2.08. The second kappa shape index (κ2) is 7.61. The topological polar surface area (TPSA) is 33.1 Å². The molecule has 0 saturated heterocycles. The van der Waals surface area contributed by atoms with E-state index in [2.05, 4.69) is 67.9 Å². The molecular formula is C16H23BrN4. The Hall–Kier alpha value is -1.33. The summed E-state index contributed by atoms with van der Waals surface area (Å²) < 4.78 is 3.20. The lowest BCUT2D eigenvalue weighted by Crippen LogP contribution is -2.19. The summed E-state index contributed by atoms with van der Waals surface area (Å²) in [5, 5.41) is 3.43. The van der Waals surface area contributed by atoms with Crippen LogP contribution in [0.2, 0.25) is 0 Å². The van der Waals surface area contributed by atoms with Crippen LogP contribution in [0.25, 0.3) is 0 Å². The number of rotatable bonds is 7. The summed E-state index contributed by atoms with van der Waals surface area (Å²) in [4.78, 5) is 6.58. The van der Waals surface area contributed by atoms with Crippen molar-refractivity contribution < 1.29 is 0 Å². The first-order valence-electron chi connectivity index (χ1n) is 7.28. The zero-order valence-corrected chi connectivity index (χ0v) is 14.5. The van der Waals surface area contributed by atoms with Gasteiger partial charge in [0.15, 0.2) is 0 Å². The zero-order valence-electron chi connectivity index (χ0n) is 12.9. The van der Waals surface area contributed by atoms with Crippen molar-refractivity contribution in [2.45, 2.75) is 26.4 Å². The molecule has 0 aliphatic rings. The maximum Gasteiger partial charge on any atom is 0.127 e. The van der Waals surface area contributed by atoms with Gasteiger partial charge in [0.05, 0.1) is 6.54 Å². The molecule has 4 nitrogen and oxygen atoms in total. The van der Waals surface area contributed by atoms with Crippen LogP contribution in [0.5, 0.6) is 0 Å². The molecule has 0 spiro atoms. The molecule has 1 N–H and O–H groups in total. The third-order valence-electron chi connectivity index (χ3n) is 3.52. The van der Waals surface area contributed by atoms with E-state index in [0.717, 1.165) is 36.4 Å². The predicted octanol–water partition coefficient (Wildman–Crippen LogP) is 3.32. The van der Waals surface area contributed by atoms with Crippen molar-refractivity contribution in [3.8, 4) is 0 Å². The molecule has 1 aromatic heterocycles. The van der Waals surface area contributed by atoms with E-state index in [9.17, 15) is 0 Å². The summed E-state index contributed by atoms with van der Waals surface area (Å²) in [5.41, 5.74) is 2.47. The second-order valence-corrected chi connectivity index (χ2v) is 6.12. The summed E-state index contributed by atoms with van der Waals surface area (Å²) in [6, 6.07) is 6.51. The fourth-order valence-electron chi connectivity index (χ4n) is 2.17. The summed E-state index contributed by atoms with van der Waals surface area (Å²) in [5.74, 6) is 1.06. The van der Waals surface area contributed by atoms with E-state index < -0.39 is 0 Å². The molecule has 0 unspecified atom stereocenters. The first-order valence-corrected chi connectivity index (χ1v) is 8.07. The van der Waals surface area contributed by atoms with E-state index in [1.54, 1.807) is 0 Å². The molecule has 0 saturated carbocycles. The highest BCUT2D eigenvalue weighted by atomic mass is 79.9. The van der Waals surface area contributed by atoms with Gasteiger partial charge in [0, 0.05) is 43.2 Å². The number of aromatic nitrogens is 2. The second-order valence-electron chi connectivity index (χ2n) is 5.26. The average molecular weight is 351 g/mol. The van der Waals surface area contributed by atoms with Crippen molar-refractivity contribution in [2.24, 2.45) is 7.05 Å². The summed E-state index contributed by atoms with van der Waals surface area (Å²) in [6.07, 6.45) is 4.96. The Morgan fingerprint density at radius 3 is 2.81 bits per heavy atom. The van der Waals surface area contributed by atoms with Crippen molar-refractivity contribution in [3.63, 3.8) is 0 Å². The quantitative estimate of drug-likeness (QED) is 0.777. The molecule has 1 aromatic carbocycles. The molecule has 5 heteroatoms. The maximum absolute atomic E-state index is 4.37. The molecular weight excluding hydrogens is 328 g/mol. The Labute approximate surface area is 135 Å². The lowest BCUT2D eigenvalue weighted by molar-refractivity contribution is 0.674. The van der Waals surface area contributed by atoms with Gasteiger partial charge < -0.3 is 14.8 Å². The number of benzene rings is 1. The largest absolute Gasteiger partial charge is 0.367 e. The van der Waals surface area contributed by atoms with Gasteiger partial charge in [-0.25, -0.2) is 4.98 Å². The molecule has 2 aromatic rings. The van der Waals surface area contributed by atoms with E-state index >= 15 is 0 Å². The highest BCUT2D eigenvalue weighted by molar-refractivity contribution is 9.10. The minimum Gasteiger partial charge on any atom is -0.367 e. The summed E-state index contributed by atoms with van der Waals surface area (Å²) in [7, 11) is 4.11. The Bertz CT molecular complexity index is 579. The number of nitrogens with one attached hydrogen (secondary N) is 1. The molecule has 0 aliphatic heterocycles. The van der Waals surface area contributed by atoms with Crippen LogP contribution in [0.1, 0.15) is 24.7 Å². The lowest BCUT2D eigenvalue weighted by Gasteiger charge is -2.20. The number of hydrogen-bond donors (Lipinski definition) is 1. The molecule has 0 amide bonds. The van der Waals surface area contributed by atoms with Crippen LogP contribution >= 0.6 is 15.9 Å². The molecule has 1 heterocycles. The van der Waals surface area contributed by atoms with Crippen molar-refractivity contribution in [1.29, 1.82) is 0 Å².